The van der Waals surface area contributed by atoms with Gasteiger partial charge in [-0.2, -0.15) is 0 Å². The molecule has 1 saturated carbocycles. The van der Waals surface area contributed by atoms with E-state index in [0.29, 0.717) is 22.7 Å². The maximum absolute atomic E-state index is 12.7. The van der Waals surface area contributed by atoms with E-state index in [1.54, 1.807) is 24.3 Å². The minimum atomic E-state index is -3.53. The highest BCUT2D eigenvalue weighted by molar-refractivity contribution is 7.99. The lowest BCUT2D eigenvalue weighted by molar-refractivity contribution is -0.130. The van der Waals surface area contributed by atoms with Crippen molar-refractivity contribution in [1.82, 2.24) is 24.8 Å². The summed E-state index contributed by atoms with van der Waals surface area (Å²) < 4.78 is 28.2. The van der Waals surface area contributed by atoms with Crippen LogP contribution in [0.1, 0.15) is 51.9 Å². The molecule has 1 amide bonds. The average molecular weight is 478 g/mol. The first-order chi connectivity index (χ1) is 15.4. The van der Waals surface area contributed by atoms with Crippen LogP contribution in [0.5, 0.6) is 0 Å². The molecule has 1 aliphatic heterocycles. The summed E-state index contributed by atoms with van der Waals surface area (Å²) >= 11 is 1.32. The molecule has 0 spiro atoms. The van der Waals surface area contributed by atoms with E-state index in [9.17, 15) is 13.2 Å². The molecule has 10 heteroatoms. The Balaban J connectivity index is 1.34. The second-order valence-corrected chi connectivity index (χ2v) is 11.5. The van der Waals surface area contributed by atoms with Gasteiger partial charge in [-0.1, -0.05) is 37.9 Å². The summed E-state index contributed by atoms with van der Waals surface area (Å²) in [6.07, 6.45) is 7.35. The Morgan fingerprint density at radius 2 is 1.91 bits per heavy atom. The van der Waals surface area contributed by atoms with E-state index in [2.05, 4.69) is 26.8 Å². The first-order valence-corrected chi connectivity index (χ1v) is 13.8. The third-order valence-electron chi connectivity index (χ3n) is 6.16. The number of nitrogens with zero attached hydrogens (tertiary/aromatic N) is 3. The van der Waals surface area contributed by atoms with Gasteiger partial charge in [0, 0.05) is 24.7 Å². The lowest BCUT2D eigenvalue weighted by Crippen LogP contribution is -2.40. The van der Waals surface area contributed by atoms with Gasteiger partial charge >= 0.3 is 0 Å². The number of amides is 1. The van der Waals surface area contributed by atoms with E-state index in [1.165, 1.54) is 24.6 Å². The van der Waals surface area contributed by atoms with Gasteiger partial charge in [-0.3, -0.25) is 9.89 Å². The van der Waals surface area contributed by atoms with Gasteiger partial charge < -0.3 is 4.90 Å². The van der Waals surface area contributed by atoms with Crippen LogP contribution in [0, 0.1) is 5.92 Å². The van der Waals surface area contributed by atoms with Crippen molar-refractivity contribution >= 4 is 27.7 Å². The Morgan fingerprint density at radius 3 is 2.62 bits per heavy atom. The van der Waals surface area contributed by atoms with Crippen LogP contribution in [0.25, 0.3) is 11.4 Å². The van der Waals surface area contributed by atoms with Crippen molar-refractivity contribution in [2.75, 3.05) is 18.8 Å². The van der Waals surface area contributed by atoms with Crippen molar-refractivity contribution in [3.8, 4) is 11.4 Å². The lowest BCUT2D eigenvalue weighted by Gasteiger charge is -2.30. The average Bonchev–Trinajstić information content (AvgIpc) is 3.27. The Hall–Kier alpha value is -1.91. The molecule has 0 radical (unpaired) electrons. The van der Waals surface area contributed by atoms with E-state index in [4.69, 9.17) is 0 Å². The zero-order chi connectivity index (χ0) is 22.6. The number of piperidine rings is 1. The van der Waals surface area contributed by atoms with Crippen molar-refractivity contribution in [3.63, 3.8) is 0 Å². The molecule has 2 aromatic rings. The fourth-order valence-electron chi connectivity index (χ4n) is 4.37. The minimum Gasteiger partial charge on any atom is -0.342 e. The van der Waals surface area contributed by atoms with Gasteiger partial charge in [-0.05, 0) is 55.9 Å². The Bertz CT molecular complexity index is 1020. The topological polar surface area (TPSA) is 108 Å². The van der Waals surface area contributed by atoms with Gasteiger partial charge in [-0.25, -0.2) is 18.1 Å². The van der Waals surface area contributed by atoms with Gasteiger partial charge in [0.2, 0.25) is 21.1 Å². The second kappa shape index (κ2) is 10.4. The highest BCUT2D eigenvalue weighted by Gasteiger charge is 2.23. The van der Waals surface area contributed by atoms with Crippen LogP contribution in [0.4, 0.5) is 0 Å². The number of thioether (sulfide) groups is 1. The summed E-state index contributed by atoms with van der Waals surface area (Å²) in [5.74, 6) is 1.54. The van der Waals surface area contributed by atoms with E-state index < -0.39 is 10.0 Å². The number of carbonyl (C=O) groups is 1. The van der Waals surface area contributed by atoms with Gasteiger partial charge in [-0.15, -0.1) is 5.10 Å². The molecular formula is C22H31N5O3S2. The molecule has 2 aliphatic rings. The predicted octanol–water partition coefficient (Wildman–Crippen LogP) is 3.43. The second-order valence-electron chi connectivity index (χ2n) is 8.82. The lowest BCUT2D eigenvalue weighted by atomic mass is 9.96. The number of likely N-dealkylation sites (tertiary alicyclic amines) is 1. The van der Waals surface area contributed by atoms with Crippen LogP contribution in [-0.4, -0.2) is 59.3 Å². The van der Waals surface area contributed by atoms with Crippen LogP contribution in [0.2, 0.25) is 0 Å². The summed E-state index contributed by atoms with van der Waals surface area (Å²) in [7, 11) is -3.53. The first-order valence-electron chi connectivity index (χ1n) is 11.4. The van der Waals surface area contributed by atoms with Gasteiger partial charge in [0.1, 0.15) is 0 Å². The van der Waals surface area contributed by atoms with Crippen LogP contribution < -0.4 is 4.72 Å². The Labute approximate surface area is 194 Å². The fraction of sp³-hybridized carbons (Fsp3) is 0.591. The molecule has 1 saturated heterocycles. The largest absolute Gasteiger partial charge is 0.342 e. The molecule has 4 rings (SSSR count). The van der Waals surface area contributed by atoms with Crippen LogP contribution >= 0.6 is 11.8 Å². The number of aromatic amines is 1. The maximum Gasteiger partial charge on any atom is 0.240 e. The molecule has 1 unspecified atom stereocenters. The van der Waals surface area contributed by atoms with E-state index >= 15 is 0 Å². The summed E-state index contributed by atoms with van der Waals surface area (Å²) in [6, 6.07) is 6.67. The van der Waals surface area contributed by atoms with Crippen molar-refractivity contribution in [3.05, 3.63) is 24.3 Å². The van der Waals surface area contributed by atoms with Crippen molar-refractivity contribution < 1.29 is 13.2 Å². The molecule has 1 atom stereocenters. The van der Waals surface area contributed by atoms with E-state index in [-0.39, 0.29) is 16.8 Å². The maximum atomic E-state index is 12.7. The molecule has 2 fully saturated rings. The number of carbonyl (C=O) groups excluding carboxylic acids is 1. The standard InChI is InChI=1S/C22H31N5O3S2/c1-16-6-5-13-27(14-16)20(28)15-31-22-23-21(24-25-22)17-9-11-19(12-10-17)32(29,30)26-18-7-3-2-4-8-18/h9-12,16,18,26H,2-8,13-15H2,1H3,(H,23,24,25). The summed E-state index contributed by atoms with van der Waals surface area (Å²) in [6.45, 7) is 3.83. The van der Waals surface area contributed by atoms with Crippen LogP contribution in [-0.2, 0) is 14.8 Å². The summed E-state index contributed by atoms with van der Waals surface area (Å²) in [4.78, 5) is 19.1. The van der Waals surface area contributed by atoms with Gasteiger partial charge in [0.25, 0.3) is 0 Å². The quantitative estimate of drug-likeness (QED) is 0.592. The minimum absolute atomic E-state index is 0.0261. The number of benzene rings is 1. The summed E-state index contributed by atoms with van der Waals surface area (Å²) in [5.41, 5.74) is 0.747. The summed E-state index contributed by atoms with van der Waals surface area (Å²) in [5, 5.41) is 7.59. The SMILES string of the molecule is CC1CCCN(C(=O)CSc2n[nH]c(-c3ccc(S(=O)(=O)NC4CCCCC4)cc3)n2)C1. The van der Waals surface area contributed by atoms with Crippen molar-refractivity contribution in [1.29, 1.82) is 0 Å². The van der Waals surface area contributed by atoms with Crippen molar-refractivity contribution in [2.45, 2.75) is 68.0 Å². The number of sulfonamides is 1. The molecule has 0 bridgehead atoms. The predicted molar refractivity (Wildman–Crippen MR) is 125 cm³/mol. The molecule has 8 nitrogen and oxygen atoms in total. The number of hydrogen-bond acceptors (Lipinski definition) is 6. The molecule has 1 aromatic carbocycles. The zero-order valence-corrected chi connectivity index (χ0v) is 20.1. The number of nitrogens with one attached hydrogen (secondary N) is 2. The number of rotatable bonds is 7. The molecule has 1 aromatic heterocycles. The Morgan fingerprint density at radius 1 is 1.16 bits per heavy atom. The molecule has 1 aliphatic carbocycles. The molecule has 2 heterocycles. The first kappa shape index (κ1) is 23.3. The van der Waals surface area contributed by atoms with Gasteiger partial charge in [0.05, 0.1) is 10.6 Å². The molecule has 2 N–H and O–H groups in total. The highest BCUT2D eigenvalue weighted by atomic mass is 32.2. The normalized spacial score (nSPS) is 20.4. The smallest absolute Gasteiger partial charge is 0.240 e. The zero-order valence-electron chi connectivity index (χ0n) is 18.4. The number of hydrogen-bond donors (Lipinski definition) is 2. The van der Waals surface area contributed by atoms with Crippen LogP contribution in [0.15, 0.2) is 34.3 Å². The number of aromatic nitrogens is 3. The third kappa shape index (κ3) is 5.90. The van der Waals surface area contributed by atoms with E-state index in [1.807, 2.05) is 4.90 Å². The van der Waals surface area contributed by atoms with Crippen LogP contribution in [0.3, 0.4) is 0 Å². The van der Waals surface area contributed by atoms with Gasteiger partial charge in [0.15, 0.2) is 5.82 Å². The van der Waals surface area contributed by atoms with Crippen molar-refractivity contribution in [2.24, 2.45) is 5.92 Å². The third-order valence-corrected chi connectivity index (χ3v) is 8.53. The van der Waals surface area contributed by atoms with E-state index in [0.717, 1.165) is 50.8 Å². The fourth-order valence-corrected chi connectivity index (χ4v) is 6.38. The molecule has 174 valence electrons. The highest BCUT2D eigenvalue weighted by Crippen LogP contribution is 2.24. The Kier molecular flexibility index (Phi) is 7.52. The molecular weight excluding hydrogens is 446 g/mol. The molecule has 32 heavy (non-hydrogen) atoms. The monoisotopic (exact) mass is 477 g/mol. The number of H-pyrrole nitrogens is 1.